The molecule has 1 aromatic heterocycles. The highest BCUT2D eigenvalue weighted by atomic mass is 79.9. The molecule has 0 saturated heterocycles. The van der Waals surface area contributed by atoms with Crippen molar-refractivity contribution in [2.24, 2.45) is 5.73 Å². The Balaban J connectivity index is 2.84. The topological polar surface area (TPSA) is 41.8 Å². The number of hydrogen-bond acceptors (Lipinski definition) is 1. The predicted molar refractivity (Wildman–Crippen MR) is 36.4 cm³/mol. The zero-order chi connectivity index (χ0) is 5.98. The Morgan fingerprint density at radius 3 is 2.62 bits per heavy atom. The smallest absolute Gasteiger partial charge is 0.0822 e. The fraction of sp³-hybridized carbons (Fsp3) is 0.200. The Kier molecular flexibility index (Phi) is 1.70. The second kappa shape index (κ2) is 2.33. The van der Waals surface area contributed by atoms with Crippen LogP contribution in [0.4, 0.5) is 0 Å². The van der Waals surface area contributed by atoms with Gasteiger partial charge in [0.15, 0.2) is 0 Å². The molecule has 44 valence electrons. The number of nitrogens with two attached hydrogens (primary N) is 1. The van der Waals surface area contributed by atoms with Gasteiger partial charge in [0.25, 0.3) is 0 Å². The van der Waals surface area contributed by atoms with Gasteiger partial charge < -0.3 is 10.7 Å². The van der Waals surface area contributed by atoms with Crippen LogP contribution in [0.25, 0.3) is 0 Å². The average molecular weight is 175 g/mol. The molecule has 3 N–H and O–H groups in total. The fourth-order valence-electron chi connectivity index (χ4n) is 0.530. The molecule has 2 nitrogen and oxygen atoms in total. The van der Waals surface area contributed by atoms with Crippen LogP contribution in [-0.2, 0) is 6.54 Å². The van der Waals surface area contributed by atoms with Crippen LogP contribution in [-0.4, -0.2) is 4.98 Å². The molecule has 0 aliphatic rings. The van der Waals surface area contributed by atoms with E-state index >= 15 is 0 Å². The maximum Gasteiger partial charge on any atom is 0.0822 e. The van der Waals surface area contributed by atoms with Gasteiger partial charge in [-0.05, 0) is 28.1 Å². The van der Waals surface area contributed by atoms with Gasteiger partial charge in [-0.1, -0.05) is 0 Å². The summed E-state index contributed by atoms with van der Waals surface area (Å²) >= 11 is 3.26. The minimum atomic E-state index is 0.575. The average Bonchev–Trinajstić information content (AvgIpc) is 2.14. The van der Waals surface area contributed by atoms with Gasteiger partial charge in [-0.2, -0.15) is 0 Å². The number of aromatic amines is 1. The summed E-state index contributed by atoms with van der Waals surface area (Å²) in [5.41, 5.74) is 6.36. The fourth-order valence-corrected chi connectivity index (χ4v) is 0.916. The van der Waals surface area contributed by atoms with Crippen LogP contribution >= 0.6 is 15.9 Å². The van der Waals surface area contributed by atoms with Crippen LogP contribution in [0.15, 0.2) is 16.7 Å². The molecule has 0 fully saturated rings. The summed E-state index contributed by atoms with van der Waals surface area (Å²) in [6.07, 6.45) is 0. The highest BCUT2D eigenvalue weighted by Crippen LogP contribution is 2.06. The highest BCUT2D eigenvalue weighted by molar-refractivity contribution is 9.10. The van der Waals surface area contributed by atoms with E-state index in [0.717, 1.165) is 10.3 Å². The lowest BCUT2D eigenvalue weighted by Gasteiger charge is -1.84. The first kappa shape index (κ1) is 5.85. The van der Waals surface area contributed by atoms with Gasteiger partial charge in [-0.15, -0.1) is 0 Å². The van der Waals surface area contributed by atoms with E-state index in [4.69, 9.17) is 5.73 Å². The van der Waals surface area contributed by atoms with Crippen molar-refractivity contribution >= 4 is 15.9 Å². The normalized spacial score (nSPS) is 9.75. The van der Waals surface area contributed by atoms with Crippen molar-refractivity contribution in [2.75, 3.05) is 0 Å². The standard InChI is InChI=1S/C5H7BrN2/c6-5-2-1-4(3-7)8-5/h1-2,8H,3,7H2. The van der Waals surface area contributed by atoms with E-state index in [2.05, 4.69) is 20.9 Å². The molecule has 1 heterocycles. The Morgan fingerprint density at radius 2 is 2.38 bits per heavy atom. The number of nitrogens with one attached hydrogen (secondary N) is 1. The molecule has 0 aliphatic carbocycles. The number of halogens is 1. The molecule has 0 amide bonds. The molecule has 8 heavy (non-hydrogen) atoms. The van der Waals surface area contributed by atoms with E-state index in [-0.39, 0.29) is 0 Å². The van der Waals surface area contributed by atoms with Gasteiger partial charge in [0, 0.05) is 12.2 Å². The monoisotopic (exact) mass is 174 g/mol. The van der Waals surface area contributed by atoms with Gasteiger partial charge in [-0.25, -0.2) is 0 Å². The minimum Gasteiger partial charge on any atom is -0.352 e. The molecule has 3 heteroatoms. The van der Waals surface area contributed by atoms with Crippen LogP contribution < -0.4 is 5.73 Å². The van der Waals surface area contributed by atoms with Crippen molar-refractivity contribution in [3.8, 4) is 0 Å². The summed E-state index contributed by atoms with van der Waals surface area (Å²) in [6, 6.07) is 3.88. The third-order valence-corrected chi connectivity index (χ3v) is 1.39. The van der Waals surface area contributed by atoms with E-state index in [1.54, 1.807) is 0 Å². The molecule has 0 spiro atoms. The maximum absolute atomic E-state index is 5.31. The van der Waals surface area contributed by atoms with Gasteiger partial charge >= 0.3 is 0 Å². The largest absolute Gasteiger partial charge is 0.352 e. The first-order valence-corrected chi connectivity index (χ1v) is 3.15. The SMILES string of the molecule is NCc1ccc(Br)[nH]1. The second-order valence-corrected chi connectivity index (χ2v) is 2.39. The molecule has 0 radical (unpaired) electrons. The summed E-state index contributed by atoms with van der Waals surface area (Å²) in [5.74, 6) is 0. The molecule has 0 saturated carbocycles. The van der Waals surface area contributed by atoms with Crippen molar-refractivity contribution in [2.45, 2.75) is 6.54 Å². The highest BCUT2D eigenvalue weighted by Gasteiger charge is 1.89. The summed E-state index contributed by atoms with van der Waals surface area (Å²) in [4.78, 5) is 3.02. The van der Waals surface area contributed by atoms with Crippen LogP contribution in [0.1, 0.15) is 5.69 Å². The minimum absolute atomic E-state index is 0.575. The summed E-state index contributed by atoms with van der Waals surface area (Å²) in [7, 11) is 0. The van der Waals surface area contributed by atoms with Crippen molar-refractivity contribution < 1.29 is 0 Å². The van der Waals surface area contributed by atoms with Gasteiger partial charge in [0.05, 0.1) is 4.60 Å². The Labute approximate surface area is 56.2 Å². The van der Waals surface area contributed by atoms with Crippen molar-refractivity contribution in [1.29, 1.82) is 0 Å². The number of hydrogen-bond donors (Lipinski definition) is 2. The number of aromatic nitrogens is 1. The number of rotatable bonds is 1. The lowest BCUT2D eigenvalue weighted by molar-refractivity contribution is 1.01. The van der Waals surface area contributed by atoms with Gasteiger partial charge in [0.2, 0.25) is 0 Å². The lowest BCUT2D eigenvalue weighted by atomic mass is 10.4. The number of H-pyrrole nitrogens is 1. The Morgan fingerprint density at radius 1 is 1.62 bits per heavy atom. The molecule has 1 rings (SSSR count). The molecular formula is C5H7BrN2. The van der Waals surface area contributed by atoms with E-state index in [0.29, 0.717) is 6.54 Å². The third-order valence-electron chi connectivity index (χ3n) is 0.931. The van der Waals surface area contributed by atoms with Gasteiger partial charge in [0.1, 0.15) is 0 Å². The molecule has 1 aromatic rings. The van der Waals surface area contributed by atoms with E-state index in [9.17, 15) is 0 Å². The van der Waals surface area contributed by atoms with Crippen LogP contribution in [0, 0.1) is 0 Å². The second-order valence-electron chi connectivity index (χ2n) is 1.54. The maximum atomic E-state index is 5.31. The van der Waals surface area contributed by atoms with Crippen molar-refractivity contribution in [3.63, 3.8) is 0 Å². The summed E-state index contributed by atoms with van der Waals surface area (Å²) in [5, 5.41) is 0. The van der Waals surface area contributed by atoms with E-state index in [1.807, 2.05) is 12.1 Å². The molecule has 0 aliphatic heterocycles. The zero-order valence-corrected chi connectivity index (χ0v) is 5.90. The third kappa shape index (κ3) is 1.11. The Bertz CT molecular complexity index is 171. The predicted octanol–water partition coefficient (Wildman–Crippen LogP) is 1.24. The van der Waals surface area contributed by atoms with Crippen molar-refractivity contribution in [1.82, 2.24) is 4.98 Å². The van der Waals surface area contributed by atoms with Crippen molar-refractivity contribution in [3.05, 3.63) is 22.4 Å². The quantitative estimate of drug-likeness (QED) is 0.662. The summed E-state index contributed by atoms with van der Waals surface area (Å²) < 4.78 is 0.984. The van der Waals surface area contributed by atoms with E-state index in [1.165, 1.54) is 0 Å². The van der Waals surface area contributed by atoms with Crippen LogP contribution in [0.2, 0.25) is 0 Å². The Hall–Kier alpha value is -0.280. The molecule has 0 bridgehead atoms. The molecular weight excluding hydrogens is 168 g/mol. The summed E-state index contributed by atoms with van der Waals surface area (Å²) in [6.45, 7) is 0.575. The zero-order valence-electron chi connectivity index (χ0n) is 4.32. The molecule has 0 aromatic carbocycles. The van der Waals surface area contributed by atoms with Crippen LogP contribution in [0.3, 0.4) is 0 Å². The van der Waals surface area contributed by atoms with E-state index < -0.39 is 0 Å². The first-order valence-electron chi connectivity index (χ1n) is 2.36. The lowest BCUT2D eigenvalue weighted by Crippen LogP contribution is -1.95. The molecule has 0 atom stereocenters. The van der Waals surface area contributed by atoms with Crippen LogP contribution in [0.5, 0.6) is 0 Å². The van der Waals surface area contributed by atoms with Gasteiger partial charge in [-0.3, -0.25) is 0 Å². The first-order chi connectivity index (χ1) is 3.83. The molecule has 0 unspecified atom stereocenters.